The van der Waals surface area contributed by atoms with E-state index in [9.17, 15) is 13.6 Å². The molecule has 1 atom stereocenters. The zero-order chi connectivity index (χ0) is 25.0. The van der Waals surface area contributed by atoms with Crippen molar-refractivity contribution in [2.75, 3.05) is 5.73 Å². The van der Waals surface area contributed by atoms with E-state index in [1.54, 1.807) is 18.2 Å². The first-order valence-corrected chi connectivity index (χ1v) is 11.3. The number of aliphatic imine (C=N–C) groups is 1. The molecule has 4 aromatic rings. The number of allylic oxidation sites excluding steroid dienone is 1. The minimum Gasteiger partial charge on any atom is -0.384 e. The summed E-state index contributed by atoms with van der Waals surface area (Å²) in [7, 11) is 0. The van der Waals surface area contributed by atoms with E-state index < -0.39 is 17.9 Å². The summed E-state index contributed by atoms with van der Waals surface area (Å²) in [4.78, 5) is 25.5. The highest BCUT2D eigenvalue weighted by molar-refractivity contribution is 6.31. The number of rotatable bonds is 4. The maximum absolute atomic E-state index is 15.0. The Kier molecular flexibility index (Phi) is 5.18. The van der Waals surface area contributed by atoms with Gasteiger partial charge in [0.25, 0.3) is 5.56 Å². The van der Waals surface area contributed by atoms with Gasteiger partial charge in [0.1, 0.15) is 18.0 Å². The van der Waals surface area contributed by atoms with Crippen LogP contribution in [0.4, 0.5) is 14.6 Å². The number of benzene rings is 1. The summed E-state index contributed by atoms with van der Waals surface area (Å²) < 4.78 is 32.2. The van der Waals surface area contributed by atoms with Crippen molar-refractivity contribution < 1.29 is 8.78 Å². The van der Waals surface area contributed by atoms with Crippen molar-refractivity contribution in [3.63, 3.8) is 0 Å². The molecule has 0 unspecified atom stereocenters. The molecule has 180 valence electrons. The first kappa shape index (κ1) is 22.2. The van der Waals surface area contributed by atoms with Gasteiger partial charge in [0, 0.05) is 35.1 Å². The van der Waals surface area contributed by atoms with Crippen LogP contribution < -0.4 is 11.3 Å². The van der Waals surface area contributed by atoms with E-state index in [2.05, 4.69) is 25.5 Å². The van der Waals surface area contributed by atoms with Crippen molar-refractivity contribution in [2.24, 2.45) is 4.99 Å². The molecular formula is C23H16ClF2N9O. The Bertz CT molecular complexity index is 1650. The molecule has 36 heavy (non-hydrogen) atoms. The van der Waals surface area contributed by atoms with Crippen molar-refractivity contribution in [2.45, 2.75) is 25.3 Å². The van der Waals surface area contributed by atoms with E-state index >= 15 is 0 Å². The van der Waals surface area contributed by atoms with E-state index in [1.165, 1.54) is 33.8 Å². The smallest absolute Gasteiger partial charge is 0.254 e. The molecule has 0 amide bonds. The number of aromatic nitrogens is 7. The van der Waals surface area contributed by atoms with E-state index in [0.717, 1.165) is 0 Å². The van der Waals surface area contributed by atoms with Crippen LogP contribution in [-0.4, -0.2) is 40.5 Å². The highest BCUT2D eigenvalue weighted by atomic mass is 35.5. The van der Waals surface area contributed by atoms with Crippen molar-refractivity contribution in [1.29, 1.82) is 0 Å². The number of hydrogen-bond donors (Lipinski definition) is 1. The molecule has 6 rings (SSSR count). The second-order valence-corrected chi connectivity index (χ2v) is 8.80. The summed E-state index contributed by atoms with van der Waals surface area (Å²) in [5.74, 6) is -1.03. The minimum atomic E-state index is -0.821. The summed E-state index contributed by atoms with van der Waals surface area (Å²) in [5, 5.41) is 11.7. The molecule has 3 aromatic heterocycles. The lowest BCUT2D eigenvalue weighted by molar-refractivity contribution is 0.536. The van der Waals surface area contributed by atoms with Crippen LogP contribution in [0.3, 0.4) is 0 Å². The van der Waals surface area contributed by atoms with E-state index in [0.29, 0.717) is 46.2 Å². The minimum absolute atomic E-state index is 0.0181. The van der Waals surface area contributed by atoms with Crippen LogP contribution in [-0.2, 0) is 6.42 Å². The fraction of sp³-hybridized carbons (Fsp3) is 0.174. The maximum atomic E-state index is 15.0. The third-order valence-corrected chi connectivity index (χ3v) is 6.48. The molecular weight excluding hydrogens is 492 g/mol. The number of hydrogen-bond acceptors (Lipinski definition) is 8. The van der Waals surface area contributed by atoms with Gasteiger partial charge in [-0.25, -0.2) is 15.0 Å². The lowest BCUT2D eigenvalue weighted by Crippen LogP contribution is -2.25. The Morgan fingerprint density at radius 3 is 2.72 bits per heavy atom. The summed E-state index contributed by atoms with van der Waals surface area (Å²) >= 11 is 6.22. The van der Waals surface area contributed by atoms with Crippen molar-refractivity contribution in [1.82, 2.24) is 34.7 Å². The zero-order valence-corrected chi connectivity index (χ0v) is 19.2. The number of fused-ring (bicyclic) bond motifs is 1. The van der Waals surface area contributed by atoms with E-state index in [1.807, 2.05) is 0 Å². The van der Waals surface area contributed by atoms with Crippen LogP contribution >= 0.6 is 11.6 Å². The average Bonchev–Trinajstić information content (AvgIpc) is 3.59. The van der Waals surface area contributed by atoms with Gasteiger partial charge in [-0.1, -0.05) is 11.6 Å². The fourth-order valence-corrected chi connectivity index (χ4v) is 4.83. The van der Waals surface area contributed by atoms with Gasteiger partial charge in [0.05, 0.1) is 28.7 Å². The number of tetrazole rings is 1. The lowest BCUT2D eigenvalue weighted by Gasteiger charge is -2.17. The Morgan fingerprint density at radius 2 is 1.94 bits per heavy atom. The van der Waals surface area contributed by atoms with Gasteiger partial charge in [0.15, 0.2) is 0 Å². The molecule has 2 aliphatic rings. The van der Waals surface area contributed by atoms with Crippen LogP contribution in [0.5, 0.6) is 0 Å². The SMILES string of the molecule is Nc1ccc(C2=NC(F)=C([C@H]3CCc4nc(-c5cc(Cl)ccc5-n5cnnn5)cc(=O)n43)C2)c(F)n1. The third kappa shape index (κ3) is 3.66. The highest BCUT2D eigenvalue weighted by Gasteiger charge is 2.34. The number of nitrogen functional groups attached to an aromatic ring is 1. The predicted octanol–water partition coefficient (Wildman–Crippen LogP) is 3.22. The second-order valence-electron chi connectivity index (χ2n) is 8.36. The van der Waals surface area contributed by atoms with E-state index in [4.69, 9.17) is 22.3 Å². The lowest BCUT2D eigenvalue weighted by atomic mass is 9.99. The molecule has 2 aliphatic heterocycles. The Hall–Kier alpha value is -4.32. The summed E-state index contributed by atoms with van der Waals surface area (Å²) in [6, 6.07) is 8.73. The van der Waals surface area contributed by atoms with Gasteiger partial charge in [-0.05, 0) is 47.2 Å². The molecule has 2 N–H and O–H groups in total. The van der Waals surface area contributed by atoms with Crippen molar-refractivity contribution in [3.8, 4) is 16.9 Å². The molecule has 13 heteroatoms. The molecule has 0 bridgehead atoms. The largest absolute Gasteiger partial charge is 0.384 e. The van der Waals surface area contributed by atoms with Gasteiger partial charge in [-0.3, -0.25) is 9.36 Å². The van der Waals surface area contributed by atoms with Crippen LogP contribution in [0.2, 0.25) is 5.02 Å². The third-order valence-electron chi connectivity index (χ3n) is 6.25. The molecule has 0 fully saturated rings. The first-order valence-electron chi connectivity index (χ1n) is 10.9. The van der Waals surface area contributed by atoms with Crippen molar-refractivity contribution in [3.05, 3.63) is 87.0 Å². The highest BCUT2D eigenvalue weighted by Crippen LogP contribution is 2.39. The maximum Gasteiger partial charge on any atom is 0.254 e. The monoisotopic (exact) mass is 507 g/mol. The van der Waals surface area contributed by atoms with Gasteiger partial charge >= 0.3 is 0 Å². The Labute approximate surface area is 206 Å². The van der Waals surface area contributed by atoms with Crippen molar-refractivity contribution >= 4 is 23.1 Å². The molecule has 0 radical (unpaired) electrons. The van der Waals surface area contributed by atoms with Crippen LogP contribution in [0, 0.1) is 5.95 Å². The number of pyridine rings is 1. The average molecular weight is 508 g/mol. The fourth-order valence-electron chi connectivity index (χ4n) is 4.65. The first-order chi connectivity index (χ1) is 17.4. The second kappa shape index (κ2) is 8.41. The summed E-state index contributed by atoms with van der Waals surface area (Å²) in [5.41, 5.74) is 7.29. The number of nitrogens with two attached hydrogens (primary N) is 1. The molecule has 0 saturated heterocycles. The predicted molar refractivity (Wildman–Crippen MR) is 127 cm³/mol. The normalized spacial score (nSPS) is 17.0. The number of nitrogens with zero attached hydrogens (tertiary/aromatic N) is 8. The van der Waals surface area contributed by atoms with E-state index in [-0.39, 0.29) is 29.1 Å². The van der Waals surface area contributed by atoms with Gasteiger partial charge < -0.3 is 5.73 Å². The standard InChI is InChI=1S/C23H16ClF2N9O/c24-11-1-3-17(34-10-28-32-33-34)13(7-11)16-9-21(36)35-18(4-6-20(35)29-16)14-8-15(30-23(14)26)12-2-5-19(27)31-22(12)25/h1-3,5,7,9-10,18H,4,6,8H2,(H2,27,31)/t18-/m1/s1. The summed E-state index contributed by atoms with van der Waals surface area (Å²) in [6.45, 7) is 0. The summed E-state index contributed by atoms with van der Waals surface area (Å²) in [6.07, 6.45) is 2.37. The molecule has 0 saturated carbocycles. The number of anilines is 1. The van der Waals surface area contributed by atoms with Gasteiger partial charge in [0.2, 0.25) is 11.9 Å². The number of halogens is 3. The zero-order valence-electron chi connectivity index (χ0n) is 18.4. The van der Waals surface area contributed by atoms with Crippen LogP contribution in [0.15, 0.2) is 64.0 Å². The van der Waals surface area contributed by atoms with Crippen LogP contribution in [0.1, 0.15) is 30.3 Å². The molecule has 1 aromatic carbocycles. The topological polar surface area (TPSA) is 130 Å². The molecule has 0 aliphatic carbocycles. The Balaban J connectivity index is 1.36. The van der Waals surface area contributed by atoms with Gasteiger partial charge in [-0.15, -0.1) is 5.10 Å². The quantitative estimate of drug-likeness (QED) is 0.331. The number of aryl methyl sites for hydroxylation is 1. The van der Waals surface area contributed by atoms with Crippen LogP contribution in [0.25, 0.3) is 16.9 Å². The Morgan fingerprint density at radius 1 is 1.08 bits per heavy atom. The molecule has 0 spiro atoms. The molecule has 10 nitrogen and oxygen atoms in total. The molecule has 5 heterocycles. The van der Waals surface area contributed by atoms with Gasteiger partial charge in [-0.2, -0.15) is 13.5 Å².